The maximum absolute atomic E-state index is 5.11. The Morgan fingerprint density at radius 3 is 3.00 bits per heavy atom. The van der Waals surface area contributed by atoms with Gasteiger partial charge in [-0.2, -0.15) is 0 Å². The predicted octanol–water partition coefficient (Wildman–Crippen LogP) is 2.54. The number of nitrogens with one attached hydrogen (secondary N) is 1. The number of hydrogen-bond acceptors (Lipinski definition) is 5. The van der Waals surface area contributed by atoms with E-state index < -0.39 is 0 Å². The van der Waals surface area contributed by atoms with Crippen LogP contribution in [0.1, 0.15) is 11.5 Å². The first kappa shape index (κ1) is 10.7. The van der Waals surface area contributed by atoms with Gasteiger partial charge in [0.25, 0.3) is 0 Å². The molecule has 5 heteroatoms. The maximum atomic E-state index is 5.11. The molecular weight excluding hydrogens is 228 g/mol. The largest absolute Gasteiger partial charge is 0.359 e. The minimum absolute atomic E-state index is 0.527. The fraction of sp³-hybridized carbons (Fsp3) is 0.154. The number of anilines is 1. The summed E-state index contributed by atoms with van der Waals surface area (Å²) in [7, 11) is 0. The van der Waals surface area contributed by atoms with E-state index in [1.54, 1.807) is 6.20 Å². The summed E-state index contributed by atoms with van der Waals surface area (Å²) in [6.07, 6.45) is 1.80. The second kappa shape index (κ2) is 4.44. The SMILES string of the molecule is Cc1cc(CNc2ncc3ccccc3n2)on1. The van der Waals surface area contributed by atoms with Crippen LogP contribution in [0.15, 0.2) is 41.1 Å². The van der Waals surface area contributed by atoms with Gasteiger partial charge in [0.1, 0.15) is 0 Å². The summed E-state index contributed by atoms with van der Waals surface area (Å²) in [5, 5.41) is 7.96. The maximum Gasteiger partial charge on any atom is 0.223 e. The molecule has 3 rings (SSSR count). The molecule has 90 valence electrons. The molecule has 0 saturated heterocycles. The van der Waals surface area contributed by atoms with E-state index in [9.17, 15) is 0 Å². The molecule has 5 nitrogen and oxygen atoms in total. The number of aromatic nitrogens is 3. The molecule has 18 heavy (non-hydrogen) atoms. The third-order valence-corrected chi connectivity index (χ3v) is 2.59. The van der Waals surface area contributed by atoms with Crippen LogP contribution in [0.2, 0.25) is 0 Å². The third-order valence-electron chi connectivity index (χ3n) is 2.59. The van der Waals surface area contributed by atoms with Crippen LogP contribution >= 0.6 is 0 Å². The smallest absolute Gasteiger partial charge is 0.223 e. The zero-order valence-electron chi connectivity index (χ0n) is 9.92. The van der Waals surface area contributed by atoms with Gasteiger partial charge in [-0.05, 0) is 13.0 Å². The number of nitrogens with zero attached hydrogens (tertiary/aromatic N) is 3. The first-order valence-electron chi connectivity index (χ1n) is 5.69. The molecular formula is C13H12N4O. The van der Waals surface area contributed by atoms with Gasteiger partial charge in [0.05, 0.1) is 17.8 Å². The van der Waals surface area contributed by atoms with Gasteiger partial charge in [-0.1, -0.05) is 23.4 Å². The summed E-state index contributed by atoms with van der Waals surface area (Å²) in [6.45, 7) is 2.42. The van der Waals surface area contributed by atoms with Crippen LogP contribution in [0.4, 0.5) is 5.95 Å². The molecule has 0 radical (unpaired) electrons. The second-order valence-electron chi connectivity index (χ2n) is 4.04. The Bertz CT molecular complexity index is 677. The van der Waals surface area contributed by atoms with E-state index in [1.807, 2.05) is 37.3 Å². The van der Waals surface area contributed by atoms with E-state index in [0.29, 0.717) is 12.5 Å². The van der Waals surface area contributed by atoms with Gasteiger partial charge in [-0.3, -0.25) is 0 Å². The summed E-state index contributed by atoms with van der Waals surface area (Å²) in [4.78, 5) is 8.66. The fourth-order valence-electron chi connectivity index (χ4n) is 1.72. The molecule has 0 atom stereocenters. The molecule has 1 N–H and O–H groups in total. The predicted molar refractivity (Wildman–Crippen MR) is 68.1 cm³/mol. The number of fused-ring (bicyclic) bond motifs is 1. The third kappa shape index (κ3) is 2.15. The van der Waals surface area contributed by atoms with Crippen molar-refractivity contribution in [3.05, 3.63) is 48.0 Å². The van der Waals surface area contributed by atoms with Crippen LogP contribution in [0.5, 0.6) is 0 Å². The highest BCUT2D eigenvalue weighted by atomic mass is 16.5. The van der Waals surface area contributed by atoms with Crippen molar-refractivity contribution in [2.24, 2.45) is 0 Å². The van der Waals surface area contributed by atoms with Gasteiger partial charge in [-0.15, -0.1) is 0 Å². The molecule has 0 aliphatic rings. The lowest BCUT2D eigenvalue weighted by Crippen LogP contribution is -2.02. The summed E-state index contributed by atoms with van der Waals surface area (Å²) in [5.41, 5.74) is 1.79. The summed E-state index contributed by atoms with van der Waals surface area (Å²) in [5.74, 6) is 1.35. The normalized spacial score (nSPS) is 10.7. The summed E-state index contributed by atoms with van der Waals surface area (Å²) in [6, 6.07) is 9.75. The standard InChI is InChI=1S/C13H12N4O/c1-9-6-11(18-17-9)8-15-13-14-7-10-4-2-3-5-12(10)16-13/h2-7H,8H2,1H3,(H,14,15,16). The first-order chi connectivity index (χ1) is 8.81. The zero-order chi connectivity index (χ0) is 12.4. The van der Waals surface area contributed by atoms with Crippen molar-refractivity contribution in [3.63, 3.8) is 0 Å². The number of para-hydroxylation sites is 1. The lowest BCUT2D eigenvalue weighted by molar-refractivity contribution is 0.384. The van der Waals surface area contributed by atoms with Gasteiger partial charge >= 0.3 is 0 Å². The minimum atomic E-state index is 0.527. The highest BCUT2D eigenvalue weighted by Gasteiger charge is 2.02. The molecule has 0 fully saturated rings. The quantitative estimate of drug-likeness (QED) is 0.762. The molecule has 0 unspecified atom stereocenters. The topological polar surface area (TPSA) is 63.8 Å². The number of rotatable bonds is 3. The number of hydrogen-bond donors (Lipinski definition) is 1. The Balaban J connectivity index is 1.78. The van der Waals surface area contributed by atoms with Crippen molar-refractivity contribution in [3.8, 4) is 0 Å². The van der Waals surface area contributed by atoms with Gasteiger partial charge in [0, 0.05) is 17.6 Å². The van der Waals surface area contributed by atoms with Crippen LogP contribution < -0.4 is 5.32 Å². The van der Waals surface area contributed by atoms with Crippen LogP contribution in [-0.4, -0.2) is 15.1 Å². The molecule has 1 aromatic carbocycles. The van der Waals surface area contributed by atoms with Crippen molar-refractivity contribution in [1.29, 1.82) is 0 Å². The second-order valence-corrected chi connectivity index (χ2v) is 4.04. The van der Waals surface area contributed by atoms with Gasteiger partial charge in [0.15, 0.2) is 5.76 Å². The summed E-state index contributed by atoms with van der Waals surface area (Å²) >= 11 is 0. The lowest BCUT2D eigenvalue weighted by Gasteiger charge is -2.03. The van der Waals surface area contributed by atoms with Crippen molar-refractivity contribution < 1.29 is 4.52 Å². The Morgan fingerprint density at radius 1 is 1.28 bits per heavy atom. The van der Waals surface area contributed by atoms with E-state index in [2.05, 4.69) is 20.4 Å². The first-order valence-corrected chi connectivity index (χ1v) is 5.69. The van der Waals surface area contributed by atoms with E-state index in [-0.39, 0.29) is 0 Å². The lowest BCUT2D eigenvalue weighted by atomic mass is 10.2. The minimum Gasteiger partial charge on any atom is -0.359 e. The average Bonchev–Trinajstić information content (AvgIpc) is 2.82. The Labute approximate surface area is 104 Å². The average molecular weight is 240 g/mol. The Morgan fingerprint density at radius 2 is 2.17 bits per heavy atom. The van der Waals surface area contributed by atoms with Gasteiger partial charge in [-0.25, -0.2) is 9.97 Å². The van der Waals surface area contributed by atoms with Crippen LogP contribution in [0, 0.1) is 6.92 Å². The van der Waals surface area contributed by atoms with E-state index in [4.69, 9.17) is 4.52 Å². The van der Waals surface area contributed by atoms with Gasteiger partial charge < -0.3 is 9.84 Å². The van der Waals surface area contributed by atoms with E-state index in [0.717, 1.165) is 22.4 Å². The molecule has 2 heterocycles. The molecule has 3 aromatic rings. The number of benzene rings is 1. The molecule has 0 aliphatic carbocycles. The van der Waals surface area contributed by atoms with Crippen LogP contribution in [0.25, 0.3) is 10.9 Å². The monoisotopic (exact) mass is 240 g/mol. The Kier molecular flexibility index (Phi) is 2.64. The van der Waals surface area contributed by atoms with E-state index in [1.165, 1.54) is 0 Å². The molecule has 2 aromatic heterocycles. The molecule has 0 aliphatic heterocycles. The van der Waals surface area contributed by atoms with Crippen molar-refractivity contribution in [2.75, 3.05) is 5.32 Å². The molecule has 0 amide bonds. The van der Waals surface area contributed by atoms with Gasteiger partial charge in [0.2, 0.25) is 5.95 Å². The van der Waals surface area contributed by atoms with E-state index >= 15 is 0 Å². The molecule has 0 spiro atoms. The fourth-order valence-corrected chi connectivity index (χ4v) is 1.72. The van der Waals surface area contributed by atoms with Crippen LogP contribution in [-0.2, 0) is 6.54 Å². The molecule has 0 saturated carbocycles. The van der Waals surface area contributed by atoms with Crippen molar-refractivity contribution >= 4 is 16.9 Å². The van der Waals surface area contributed by atoms with Crippen molar-refractivity contribution in [2.45, 2.75) is 13.5 Å². The Hall–Kier alpha value is -2.43. The highest BCUT2D eigenvalue weighted by Crippen LogP contribution is 2.12. The molecule has 0 bridgehead atoms. The highest BCUT2D eigenvalue weighted by molar-refractivity contribution is 5.78. The number of aryl methyl sites for hydroxylation is 1. The van der Waals surface area contributed by atoms with Crippen LogP contribution in [0.3, 0.4) is 0 Å². The zero-order valence-corrected chi connectivity index (χ0v) is 9.92. The van der Waals surface area contributed by atoms with Crippen molar-refractivity contribution in [1.82, 2.24) is 15.1 Å². The summed E-state index contributed by atoms with van der Waals surface area (Å²) < 4.78 is 5.11.